The molecule has 6 nitrogen and oxygen atoms in total. The number of allylic oxidation sites excluding steroid dienone is 1. The van der Waals surface area contributed by atoms with E-state index in [9.17, 15) is 15.0 Å². The normalized spacial score (nSPS) is 37.6. The number of likely N-dealkylation sites (N-methyl/N-ethyl adjacent to an activating group) is 1. The number of hydrogen-bond donors (Lipinski definition) is 2. The van der Waals surface area contributed by atoms with Crippen LogP contribution in [0.15, 0.2) is 24.3 Å². The molecule has 6 aliphatic rings. The maximum Gasteiger partial charge on any atom is 0.246 e. The number of aromatic hydroxyl groups is 1. The summed E-state index contributed by atoms with van der Waals surface area (Å²) in [5.41, 5.74) is 0.743. The molecule has 1 aromatic carbocycles. The molecule has 0 aromatic heterocycles. The lowest BCUT2D eigenvalue weighted by Crippen LogP contribution is -2.78. The topological polar surface area (TPSA) is 73.2 Å². The van der Waals surface area contributed by atoms with Crippen LogP contribution < -0.4 is 4.74 Å². The third kappa shape index (κ3) is 3.19. The van der Waals surface area contributed by atoms with Gasteiger partial charge in [-0.15, -0.1) is 0 Å². The van der Waals surface area contributed by atoms with E-state index in [1.54, 1.807) is 12.1 Å². The minimum absolute atomic E-state index is 0.0231. The van der Waals surface area contributed by atoms with E-state index in [2.05, 4.69) is 11.0 Å². The van der Waals surface area contributed by atoms with Gasteiger partial charge in [0.2, 0.25) is 5.91 Å². The largest absolute Gasteiger partial charge is 0.504 e. The summed E-state index contributed by atoms with van der Waals surface area (Å²) in [5.74, 6) is 2.01. The number of hydrogen-bond acceptors (Lipinski definition) is 5. The molecule has 7 rings (SSSR count). The molecule has 2 bridgehead atoms. The highest BCUT2D eigenvalue weighted by Gasteiger charge is 2.73. The van der Waals surface area contributed by atoms with Gasteiger partial charge in [0.15, 0.2) is 11.5 Å². The molecule has 36 heavy (non-hydrogen) atoms. The van der Waals surface area contributed by atoms with Crippen LogP contribution in [0.5, 0.6) is 11.5 Å². The summed E-state index contributed by atoms with van der Waals surface area (Å²) in [6, 6.07) is 3.72. The Morgan fingerprint density at radius 1 is 1.17 bits per heavy atom. The van der Waals surface area contributed by atoms with Crippen LogP contribution in [0.4, 0.5) is 0 Å². The predicted octanol–water partition coefficient (Wildman–Crippen LogP) is 3.92. The van der Waals surface area contributed by atoms with Gasteiger partial charge >= 0.3 is 0 Å². The van der Waals surface area contributed by atoms with Crippen molar-refractivity contribution in [2.45, 2.75) is 99.8 Å². The van der Waals surface area contributed by atoms with E-state index in [1.165, 1.54) is 50.5 Å². The number of rotatable bonds is 5. The Labute approximate surface area is 214 Å². The molecule has 1 spiro atoms. The van der Waals surface area contributed by atoms with Crippen molar-refractivity contribution in [3.8, 4) is 11.5 Å². The number of nitrogens with zero attached hydrogens (tertiary/aromatic N) is 2. The zero-order valence-electron chi connectivity index (χ0n) is 21.5. The molecule has 2 aliphatic heterocycles. The molecule has 4 aliphatic carbocycles. The highest BCUT2D eigenvalue weighted by Crippen LogP contribution is 2.66. The Morgan fingerprint density at radius 3 is 2.75 bits per heavy atom. The van der Waals surface area contributed by atoms with E-state index in [4.69, 9.17) is 4.74 Å². The number of phenols is 1. The summed E-state index contributed by atoms with van der Waals surface area (Å²) in [6.45, 7) is 2.01. The number of amides is 1. The second kappa shape index (κ2) is 8.22. The minimum Gasteiger partial charge on any atom is -0.504 e. The number of aliphatic hydroxyl groups is 1. The molecule has 0 unspecified atom stereocenters. The first-order valence-corrected chi connectivity index (χ1v) is 14.4. The highest BCUT2D eigenvalue weighted by atomic mass is 16.5. The van der Waals surface area contributed by atoms with E-state index >= 15 is 0 Å². The molecule has 0 radical (unpaired) electrons. The minimum atomic E-state index is -0.908. The molecule has 6 heteroatoms. The maximum atomic E-state index is 13.4. The van der Waals surface area contributed by atoms with E-state index < -0.39 is 11.0 Å². The van der Waals surface area contributed by atoms with Gasteiger partial charge in [0.05, 0.1) is 17.1 Å². The Balaban J connectivity index is 1.23. The summed E-state index contributed by atoms with van der Waals surface area (Å²) in [6.07, 6.45) is 15.3. The smallest absolute Gasteiger partial charge is 0.246 e. The van der Waals surface area contributed by atoms with Gasteiger partial charge in [-0.3, -0.25) is 9.69 Å². The quantitative estimate of drug-likeness (QED) is 0.610. The standard InChI is InChI=1S/C30H40N2O4/c1-31(25(34)12-9-19-5-3-2-4-6-19)22-13-14-30(35)24-17-21-10-11-23(33)27-26(21)29(30,28(22)36-27)15-16-32(24)18-20-7-8-20/h9-12,19-20,22,24,28,33,35H,2-8,13-18H2,1H3/t22-,24+,28-,29-,30+/m0/s1. The van der Waals surface area contributed by atoms with Crippen LogP contribution in [0, 0.1) is 11.8 Å². The van der Waals surface area contributed by atoms with E-state index in [-0.39, 0.29) is 29.8 Å². The Morgan fingerprint density at radius 2 is 1.97 bits per heavy atom. The third-order valence-corrected chi connectivity index (χ3v) is 10.7. The van der Waals surface area contributed by atoms with E-state index in [0.717, 1.165) is 37.4 Å². The second-order valence-corrected chi connectivity index (χ2v) is 12.6. The van der Waals surface area contributed by atoms with Crippen LogP contribution in [0.3, 0.4) is 0 Å². The molecule has 2 heterocycles. The molecule has 5 atom stereocenters. The third-order valence-electron chi connectivity index (χ3n) is 10.7. The molecule has 194 valence electrons. The van der Waals surface area contributed by atoms with Gasteiger partial charge in [-0.1, -0.05) is 31.4 Å². The van der Waals surface area contributed by atoms with E-state index in [0.29, 0.717) is 24.5 Å². The van der Waals surface area contributed by atoms with Gasteiger partial charge in [0.1, 0.15) is 6.10 Å². The van der Waals surface area contributed by atoms with Crippen LogP contribution in [0.1, 0.15) is 75.3 Å². The lowest BCUT2D eigenvalue weighted by molar-refractivity contribution is -0.200. The van der Waals surface area contributed by atoms with Crippen LogP contribution in [0.2, 0.25) is 0 Å². The second-order valence-electron chi connectivity index (χ2n) is 12.6. The fourth-order valence-corrected chi connectivity index (χ4v) is 8.68. The van der Waals surface area contributed by atoms with Gasteiger partial charge in [-0.2, -0.15) is 0 Å². The van der Waals surface area contributed by atoms with Crippen LogP contribution in [0.25, 0.3) is 0 Å². The van der Waals surface area contributed by atoms with Crippen molar-refractivity contribution in [2.24, 2.45) is 11.8 Å². The Kier molecular flexibility index (Phi) is 5.28. The number of likely N-dealkylation sites (tertiary alicyclic amines) is 1. The number of carbonyl (C=O) groups excluding carboxylic acids is 1. The highest BCUT2D eigenvalue weighted by molar-refractivity contribution is 5.87. The Bertz CT molecular complexity index is 1090. The summed E-state index contributed by atoms with van der Waals surface area (Å²) in [5, 5.41) is 23.4. The zero-order valence-corrected chi connectivity index (χ0v) is 21.5. The molecule has 1 aromatic rings. The number of carbonyl (C=O) groups is 1. The predicted molar refractivity (Wildman–Crippen MR) is 137 cm³/mol. The fraction of sp³-hybridized carbons (Fsp3) is 0.700. The Hall–Kier alpha value is -2.05. The fourth-order valence-electron chi connectivity index (χ4n) is 8.68. The number of benzene rings is 1. The van der Waals surface area contributed by atoms with Gasteiger partial charge in [-0.25, -0.2) is 0 Å². The molecular formula is C30H40N2O4. The maximum absolute atomic E-state index is 13.4. The first-order valence-electron chi connectivity index (χ1n) is 14.4. The molecule has 3 saturated carbocycles. The summed E-state index contributed by atoms with van der Waals surface area (Å²) in [7, 11) is 1.90. The molecule has 2 N–H and O–H groups in total. The van der Waals surface area contributed by atoms with Crippen molar-refractivity contribution < 1.29 is 19.7 Å². The van der Waals surface area contributed by atoms with Crippen molar-refractivity contribution in [2.75, 3.05) is 20.1 Å². The van der Waals surface area contributed by atoms with Crippen LogP contribution in [-0.2, 0) is 16.6 Å². The van der Waals surface area contributed by atoms with Crippen molar-refractivity contribution >= 4 is 5.91 Å². The van der Waals surface area contributed by atoms with Gasteiger partial charge < -0.3 is 19.8 Å². The summed E-state index contributed by atoms with van der Waals surface area (Å²) >= 11 is 0. The van der Waals surface area contributed by atoms with Crippen molar-refractivity contribution in [3.63, 3.8) is 0 Å². The van der Waals surface area contributed by atoms with Crippen molar-refractivity contribution in [3.05, 3.63) is 35.4 Å². The number of phenolic OH excluding ortho intramolecular Hbond substituents is 1. The van der Waals surface area contributed by atoms with E-state index in [1.807, 2.05) is 18.0 Å². The monoisotopic (exact) mass is 492 g/mol. The summed E-state index contributed by atoms with van der Waals surface area (Å²) < 4.78 is 6.64. The van der Waals surface area contributed by atoms with Crippen LogP contribution >= 0.6 is 0 Å². The average molecular weight is 493 g/mol. The van der Waals surface area contributed by atoms with Crippen molar-refractivity contribution in [1.82, 2.24) is 9.80 Å². The van der Waals surface area contributed by atoms with Gasteiger partial charge in [-0.05, 0) is 87.5 Å². The van der Waals surface area contributed by atoms with Crippen molar-refractivity contribution in [1.29, 1.82) is 0 Å². The number of ether oxygens (including phenoxy) is 1. The first kappa shape index (κ1) is 23.1. The lowest BCUT2D eigenvalue weighted by atomic mass is 9.48. The molecule has 1 amide bonds. The zero-order chi connectivity index (χ0) is 24.7. The molecular weight excluding hydrogens is 452 g/mol. The molecule has 1 saturated heterocycles. The molecule has 4 fully saturated rings. The average Bonchev–Trinajstić information content (AvgIpc) is 3.63. The number of piperidine rings is 1. The van der Waals surface area contributed by atoms with Gasteiger partial charge in [0, 0.05) is 25.2 Å². The first-order chi connectivity index (χ1) is 17.4. The van der Waals surface area contributed by atoms with Gasteiger partial charge in [0.25, 0.3) is 0 Å². The van der Waals surface area contributed by atoms with Crippen LogP contribution in [-0.4, -0.2) is 69.8 Å². The lowest BCUT2D eigenvalue weighted by Gasteiger charge is -2.64. The SMILES string of the molecule is CN(C(=O)C=CC1CCCCC1)[C@H]1CC[C@@]2(O)[C@H]3Cc4ccc(O)c5c4[C@@]2(CCN3CC2CC2)[C@H]1O5. The summed E-state index contributed by atoms with van der Waals surface area (Å²) in [4.78, 5) is 17.8.